The van der Waals surface area contributed by atoms with Gasteiger partial charge < -0.3 is 19.3 Å². The van der Waals surface area contributed by atoms with Crippen molar-refractivity contribution >= 4 is 16.8 Å². The lowest BCUT2D eigenvalue weighted by atomic mass is 9.91. The number of hydrogen-bond donors (Lipinski definition) is 1. The van der Waals surface area contributed by atoms with Crippen LogP contribution in [0.25, 0.3) is 10.9 Å². The largest absolute Gasteiger partial charge is 0.481 e. The predicted molar refractivity (Wildman–Crippen MR) is 101 cm³/mol. The summed E-state index contributed by atoms with van der Waals surface area (Å²) in [5, 5.41) is 12.2. The molecule has 3 aromatic rings. The summed E-state index contributed by atoms with van der Waals surface area (Å²) in [6, 6.07) is 7.31. The monoisotopic (exact) mass is 366 g/mol. The number of carbonyl (C=O) groups is 1. The number of methoxy groups -OCH3 is 1. The third-order valence-corrected chi connectivity index (χ3v) is 5.21. The summed E-state index contributed by atoms with van der Waals surface area (Å²) in [5.74, 6) is 0.357. The number of piperidine rings is 1. The third kappa shape index (κ3) is 3.50. The molecule has 0 unspecified atom stereocenters. The minimum atomic E-state index is -0.839. The molecule has 0 radical (unpaired) electrons. The molecule has 4 rings (SSSR count). The quantitative estimate of drug-likeness (QED) is 0.765. The Hall–Kier alpha value is -2.93. The van der Waals surface area contributed by atoms with E-state index in [9.17, 15) is 9.90 Å². The van der Waals surface area contributed by atoms with E-state index in [0.29, 0.717) is 43.9 Å². The van der Waals surface area contributed by atoms with Gasteiger partial charge in [-0.05, 0) is 31.0 Å². The maximum absolute atomic E-state index is 12.7. The molecule has 140 valence electrons. The summed E-state index contributed by atoms with van der Waals surface area (Å²) in [7, 11) is 1.53. The number of amides is 1. The van der Waals surface area contributed by atoms with Crippen LogP contribution in [0.4, 0.5) is 0 Å². The van der Waals surface area contributed by atoms with E-state index >= 15 is 0 Å². The second-order valence-corrected chi connectivity index (χ2v) is 6.98. The van der Waals surface area contributed by atoms with Gasteiger partial charge in [-0.1, -0.05) is 0 Å². The van der Waals surface area contributed by atoms with E-state index in [2.05, 4.69) is 9.97 Å². The molecule has 0 spiro atoms. The van der Waals surface area contributed by atoms with Crippen LogP contribution in [0.3, 0.4) is 0 Å². The molecule has 1 saturated heterocycles. The number of likely N-dealkylation sites (tertiary alicyclic amines) is 1. The zero-order chi connectivity index (χ0) is 18.9. The summed E-state index contributed by atoms with van der Waals surface area (Å²) in [6.07, 6.45) is 8.18. The smallest absolute Gasteiger partial charge is 0.254 e. The summed E-state index contributed by atoms with van der Waals surface area (Å²) in [4.78, 5) is 22.7. The number of aliphatic hydroxyl groups is 1. The highest BCUT2D eigenvalue weighted by molar-refractivity contribution is 5.94. The molecule has 1 aliphatic heterocycles. The molecule has 0 saturated carbocycles. The fourth-order valence-corrected chi connectivity index (χ4v) is 3.60. The number of pyridine rings is 2. The van der Waals surface area contributed by atoms with Crippen LogP contribution in [0.1, 0.15) is 23.2 Å². The van der Waals surface area contributed by atoms with Crippen LogP contribution in [0.2, 0.25) is 0 Å². The maximum atomic E-state index is 12.7. The van der Waals surface area contributed by atoms with E-state index in [1.807, 2.05) is 29.1 Å². The number of carbonyl (C=O) groups excluding carboxylic acids is 1. The highest BCUT2D eigenvalue weighted by Crippen LogP contribution is 2.27. The molecule has 0 atom stereocenters. The molecule has 1 amide bonds. The van der Waals surface area contributed by atoms with Crippen molar-refractivity contribution in [3.05, 3.63) is 54.6 Å². The van der Waals surface area contributed by atoms with Crippen LogP contribution in [0.5, 0.6) is 5.88 Å². The summed E-state index contributed by atoms with van der Waals surface area (Å²) < 4.78 is 7.12. The van der Waals surface area contributed by atoms with Gasteiger partial charge in [0, 0.05) is 48.7 Å². The molecule has 7 nitrogen and oxygen atoms in total. The minimum absolute atomic E-state index is 0.0617. The van der Waals surface area contributed by atoms with Gasteiger partial charge in [-0.3, -0.25) is 9.78 Å². The van der Waals surface area contributed by atoms with Gasteiger partial charge in [0.1, 0.15) is 0 Å². The molecule has 0 aliphatic carbocycles. The van der Waals surface area contributed by atoms with Crippen molar-refractivity contribution in [3.63, 3.8) is 0 Å². The average molecular weight is 366 g/mol. The van der Waals surface area contributed by atoms with E-state index in [0.717, 1.165) is 10.9 Å². The number of nitrogens with zero attached hydrogens (tertiary/aromatic N) is 4. The first-order valence-corrected chi connectivity index (χ1v) is 8.99. The van der Waals surface area contributed by atoms with Crippen molar-refractivity contribution in [1.29, 1.82) is 0 Å². The van der Waals surface area contributed by atoms with Crippen LogP contribution in [0.15, 0.2) is 49.1 Å². The Morgan fingerprint density at radius 3 is 2.85 bits per heavy atom. The van der Waals surface area contributed by atoms with Crippen LogP contribution in [0, 0.1) is 0 Å². The van der Waals surface area contributed by atoms with Crippen molar-refractivity contribution in [2.45, 2.75) is 25.0 Å². The Morgan fingerprint density at radius 2 is 2.07 bits per heavy atom. The number of aromatic nitrogens is 3. The fraction of sp³-hybridized carbons (Fsp3) is 0.350. The normalized spacial score (nSPS) is 16.4. The average Bonchev–Trinajstić information content (AvgIpc) is 3.10. The molecule has 1 N–H and O–H groups in total. The van der Waals surface area contributed by atoms with Gasteiger partial charge in [0.2, 0.25) is 5.88 Å². The van der Waals surface area contributed by atoms with E-state index < -0.39 is 5.60 Å². The van der Waals surface area contributed by atoms with Crippen molar-refractivity contribution in [2.75, 3.05) is 20.2 Å². The molecule has 0 bridgehead atoms. The second kappa shape index (κ2) is 7.00. The van der Waals surface area contributed by atoms with Gasteiger partial charge in [-0.15, -0.1) is 0 Å². The number of hydrogen-bond acceptors (Lipinski definition) is 5. The number of ether oxygens (including phenoxy) is 1. The molecule has 0 aromatic carbocycles. The zero-order valence-corrected chi connectivity index (χ0v) is 15.2. The summed E-state index contributed by atoms with van der Waals surface area (Å²) in [6.45, 7) is 1.52. The van der Waals surface area contributed by atoms with Gasteiger partial charge in [-0.25, -0.2) is 4.98 Å². The van der Waals surface area contributed by atoms with Crippen LogP contribution in [-0.2, 0) is 6.54 Å². The zero-order valence-electron chi connectivity index (χ0n) is 15.2. The van der Waals surface area contributed by atoms with Crippen molar-refractivity contribution in [3.8, 4) is 5.88 Å². The van der Waals surface area contributed by atoms with Crippen LogP contribution in [-0.4, -0.2) is 56.2 Å². The number of rotatable bonds is 4. The first-order chi connectivity index (χ1) is 13.1. The third-order valence-electron chi connectivity index (χ3n) is 5.21. The van der Waals surface area contributed by atoms with Gasteiger partial charge >= 0.3 is 0 Å². The lowest BCUT2D eigenvalue weighted by Crippen LogP contribution is -2.48. The summed E-state index contributed by atoms with van der Waals surface area (Å²) in [5.41, 5.74) is 0.720. The SMILES string of the molecule is COc1cc(C(=O)N2CCC(O)(Cn3ccc4ccncc43)CC2)ccn1. The Labute approximate surface area is 157 Å². The van der Waals surface area contributed by atoms with Crippen LogP contribution >= 0.6 is 0 Å². The van der Waals surface area contributed by atoms with Gasteiger partial charge in [0.15, 0.2) is 0 Å². The fourth-order valence-electron chi connectivity index (χ4n) is 3.60. The van der Waals surface area contributed by atoms with E-state index in [4.69, 9.17) is 4.74 Å². The minimum Gasteiger partial charge on any atom is -0.481 e. The van der Waals surface area contributed by atoms with Gasteiger partial charge in [-0.2, -0.15) is 0 Å². The molecule has 1 fully saturated rings. The van der Waals surface area contributed by atoms with Gasteiger partial charge in [0.05, 0.1) is 31.0 Å². The molecule has 4 heterocycles. The molecular weight excluding hydrogens is 344 g/mol. The Bertz CT molecular complexity index is 961. The molecule has 3 aromatic heterocycles. The highest BCUT2D eigenvalue weighted by atomic mass is 16.5. The Balaban J connectivity index is 1.43. The maximum Gasteiger partial charge on any atom is 0.254 e. The van der Waals surface area contributed by atoms with Crippen molar-refractivity contribution in [2.24, 2.45) is 0 Å². The number of fused-ring (bicyclic) bond motifs is 1. The Morgan fingerprint density at radius 1 is 1.26 bits per heavy atom. The van der Waals surface area contributed by atoms with Crippen molar-refractivity contribution in [1.82, 2.24) is 19.4 Å². The summed E-state index contributed by atoms with van der Waals surface area (Å²) >= 11 is 0. The van der Waals surface area contributed by atoms with E-state index in [-0.39, 0.29) is 5.91 Å². The molecular formula is C20H22N4O3. The van der Waals surface area contributed by atoms with Crippen LogP contribution < -0.4 is 4.74 Å². The van der Waals surface area contributed by atoms with Crippen molar-refractivity contribution < 1.29 is 14.6 Å². The standard InChI is InChI=1S/C20H22N4O3/c1-27-18-12-16(3-8-22-18)19(25)23-10-5-20(26,6-11-23)14-24-9-4-15-2-7-21-13-17(15)24/h2-4,7-9,12-13,26H,5-6,10-11,14H2,1H3. The Kier molecular flexibility index (Phi) is 4.53. The highest BCUT2D eigenvalue weighted by Gasteiger charge is 2.34. The van der Waals surface area contributed by atoms with Gasteiger partial charge in [0.25, 0.3) is 5.91 Å². The lowest BCUT2D eigenvalue weighted by molar-refractivity contribution is -0.0284. The molecule has 27 heavy (non-hydrogen) atoms. The van der Waals surface area contributed by atoms with E-state index in [1.165, 1.54) is 7.11 Å². The first kappa shape index (κ1) is 17.5. The van der Waals surface area contributed by atoms with E-state index in [1.54, 1.807) is 29.4 Å². The molecule has 1 aliphatic rings. The first-order valence-electron chi connectivity index (χ1n) is 8.99. The predicted octanol–water partition coefficient (Wildman–Crippen LogP) is 2.11. The molecule has 7 heteroatoms. The topological polar surface area (TPSA) is 80.5 Å². The second-order valence-electron chi connectivity index (χ2n) is 6.98. The lowest BCUT2D eigenvalue weighted by Gasteiger charge is -2.38.